The molecule has 0 saturated carbocycles. The lowest BCUT2D eigenvalue weighted by atomic mass is 10.1. The molecule has 0 fully saturated rings. The molecule has 1 heterocycles. The lowest BCUT2D eigenvalue weighted by Crippen LogP contribution is -2.16. The maximum Gasteiger partial charge on any atom is 0.337 e. The summed E-state index contributed by atoms with van der Waals surface area (Å²) in [6, 6.07) is 4.41. The van der Waals surface area contributed by atoms with Gasteiger partial charge in [0.15, 0.2) is 0 Å². The third kappa shape index (κ3) is 3.91. The number of aromatic nitrogens is 2. The number of rotatable bonds is 5. The molecule has 9 heteroatoms. The number of nitrogens with zero attached hydrogens (tertiary/aromatic N) is 2. The van der Waals surface area contributed by atoms with Gasteiger partial charge in [-0.1, -0.05) is 17.7 Å². The fourth-order valence-corrected chi connectivity index (χ4v) is 2.76. The number of halogens is 1. The number of hydrogen-bond donors (Lipinski definition) is 1. The molecule has 0 unspecified atom stereocenters. The first-order chi connectivity index (χ1) is 10.8. The standard InChI is InChI=1S/C14H13ClN2O5S/c1-8-5-9(2)17(16-8)22-6-12-10(7-23(20)21)3-4-11(13(12)15)14(18)19/h3-5,7H,6H2,1-2H3,(H,18,19). The van der Waals surface area contributed by atoms with Crippen LogP contribution in [0.25, 0.3) is 0 Å². The molecule has 1 aromatic heterocycles. The largest absolute Gasteiger partial charge is 0.478 e. The lowest BCUT2D eigenvalue weighted by Gasteiger charge is -2.12. The van der Waals surface area contributed by atoms with Crippen molar-refractivity contribution < 1.29 is 23.2 Å². The highest BCUT2D eigenvalue weighted by molar-refractivity contribution is 7.71. The van der Waals surface area contributed by atoms with Crippen molar-refractivity contribution in [1.29, 1.82) is 0 Å². The molecule has 0 atom stereocenters. The number of aromatic carboxylic acids is 1. The molecular formula is C14H13ClN2O5S. The van der Waals surface area contributed by atoms with Gasteiger partial charge < -0.3 is 9.94 Å². The zero-order valence-electron chi connectivity index (χ0n) is 12.3. The first-order valence-corrected chi connectivity index (χ1v) is 7.95. The zero-order chi connectivity index (χ0) is 17.1. The minimum atomic E-state index is -2.46. The minimum absolute atomic E-state index is 0.0711. The molecule has 0 aliphatic rings. The van der Waals surface area contributed by atoms with E-state index in [9.17, 15) is 13.2 Å². The van der Waals surface area contributed by atoms with Gasteiger partial charge in [-0.05, 0) is 31.5 Å². The molecule has 0 radical (unpaired) electrons. The molecule has 23 heavy (non-hydrogen) atoms. The normalized spacial score (nSPS) is 10.4. The van der Waals surface area contributed by atoms with Crippen molar-refractivity contribution in [2.24, 2.45) is 0 Å². The quantitative estimate of drug-likeness (QED) is 0.815. The maximum absolute atomic E-state index is 11.2. The van der Waals surface area contributed by atoms with Crippen LogP contribution >= 0.6 is 11.6 Å². The minimum Gasteiger partial charge on any atom is -0.478 e. The van der Waals surface area contributed by atoms with Crippen molar-refractivity contribution in [1.82, 2.24) is 9.94 Å². The van der Waals surface area contributed by atoms with Crippen molar-refractivity contribution in [2.75, 3.05) is 0 Å². The van der Waals surface area contributed by atoms with E-state index >= 15 is 0 Å². The van der Waals surface area contributed by atoms with Gasteiger partial charge in [-0.15, -0.1) is 9.94 Å². The molecule has 1 N–H and O–H groups in total. The third-order valence-electron chi connectivity index (χ3n) is 3.03. The van der Waals surface area contributed by atoms with E-state index in [1.807, 2.05) is 0 Å². The Balaban J connectivity index is 2.45. The number of carboxylic acids is 1. The number of hydrogen-bond acceptors (Lipinski definition) is 5. The van der Waals surface area contributed by atoms with Gasteiger partial charge in [-0.2, -0.15) is 8.42 Å². The van der Waals surface area contributed by atoms with Crippen LogP contribution in [0.3, 0.4) is 0 Å². The molecule has 0 bridgehead atoms. The second-order valence-electron chi connectivity index (χ2n) is 4.75. The highest BCUT2D eigenvalue weighted by atomic mass is 35.5. The van der Waals surface area contributed by atoms with Crippen LogP contribution in [0.4, 0.5) is 0 Å². The Bertz CT molecular complexity index is 894. The molecule has 1 aromatic carbocycles. The van der Waals surface area contributed by atoms with Crippen molar-refractivity contribution in [3.63, 3.8) is 0 Å². The molecule has 0 amide bonds. The Morgan fingerprint density at radius 3 is 2.65 bits per heavy atom. The predicted molar refractivity (Wildman–Crippen MR) is 84.5 cm³/mol. The average molecular weight is 357 g/mol. The van der Waals surface area contributed by atoms with Crippen molar-refractivity contribution >= 4 is 33.2 Å². The van der Waals surface area contributed by atoms with Gasteiger partial charge in [0, 0.05) is 5.56 Å². The van der Waals surface area contributed by atoms with Crippen LogP contribution in [0.15, 0.2) is 18.2 Å². The van der Waals surface area contributed by atoms with E-state index in [4.69, 9.17) is 21.5 Å². The highest BCUT2D eigenvalue weighted by Crippen LogP contribution is 2.24. The average Bonchev–Trinajstić information content (AvgIpc) is 2.75. The monoisotopic (exact) mass is 356 g/mol. The fourth-order valence-electron chi connectivity index (χ4n) is 2.03. The SMILES string of the molecule is Cc1cc(C)n(OCc2c(C=S(=O)=O)ccc(C(=O)O)c2Cl)n1. The summed E-state index contributed by atoms with van der Waals surface area (Å²) in [6.45, 7) is 3.45. The Kier molecular flexibility index (Phi) is 5.07. The molecule has 0 aliphatic carbocycles. The number of carboxylic acid groups (broad SMARTS) is 1. The van der Waals surface area contributed by atoms with Gasteiger partial charge >= 0.3 is 5.97 Å². The second-order valence-corrected chi connectivity index (χ2v) is 5.89. The number of carbonyl (C=O) groups is 1. The van der Waals surface area contributed by atoms with Crippen LogP contribution in [-0.2, 0) is 16.9 Å². The topological polar surface area (TPSA) is 98.5 Å². The van der Waals surface area contributed by atoms with Gasteiger partial charge in [0.05, 0.1) is 27.3 Å². The second kappa shape index (κ2) is 6.84. The van der Waals surface area contributed by atoms with Crippen molar-refractivity contribution in [2.45, 2.75) is 20.5 Å². The predicted octanol–water partition coefficient (Wildman–Crippen LogP) is 1.51. The van der Waals surface area contributed by atoms with Crippen LogP contribution in [0.5, 0.6) is 0 Å². The summed E-state index contributed by atoms with van der Waals surface area (Å²) in [6.07, 6.45) is 0. The van der Waals surface area contributed by atoms with E-state index in [0.717, 1.165) is 16.8 Å². The third-order valence-corrected chi connectivity index (χ3v) is 3.91. The summed E-state index contributed by atoms with van der Waals surface area (Å²) in [5, 5.41) is 14.1. The first-order valence-electron chi connectivity index (χ1n) is 6.43. The summed E-state index contributed by atoms with van der Waals surface area (Å²) >= 11 is 6.09. The molecule has 0 saturated heterocycles. The van der Waals surface area contributed by atoms with E-state index in [1.54, 1.807) is 19.9 Å². The van der Waals surface area contributed by atoms with Crippen LogP contribution in [0.2, 0.25) is 5.02 Å². The summed E-state index contributed by atoms with van der Waals surface area (Å²) in [4.78, 5) is 17.9. The molecule has 122 valence electrons. The van der Waals surface area contributed by atoms with E-state index in [0.29, 0.717) is 0 Å². The fraction of sp³-hybridized carbons (Fsp3) is 0.214. The van der Waals surface area contributed by atoms with Gasteiger partial charge in [-0.25, -0.2) is 4.79 Å². The highest BCUT2D eigenvalue weighted by Gasteiger charge is 2.17. The molecule has 7 nitrogen and oxygen atoms in total. The van der Waals surface area contributed by atoms with Gasteiger partial charge in [0.25, 0.3) is 0 Å². The van der Waals surface area contributed by atoms with E-state index in [2.05, 4.69) is 5.10 Å². The summed E-state index contributed by atoms with van der Waals surface area (Å²) < 4.78 is 21.8. The first kappa shape index (κ1) is 17.0. The van der Waals surface area contributed by atoms with E-state index < -0.39 is 16.3 Å². The maximum atomic E-state index is 11.2. The molecule has 2 aromatic rings. The van der Waals surface area contributed by atoms with Crippen LogP contribution < -0.4 is 4.84 Å². The Morgan fingerprint density at radius 1 is 1.43 bits per heavy atom. The van der Waals surface area contributed by atoms with E-state index in [1.165, 1.54) is 17.0 Å². The Morgan fingerprint density at radius 2 is 2.13 bits per heavy atom. The molecule has 2 rings (SSSR count). The lowest BCUT2D eigenvalue weighted by molar-refractivity contribution is 0.0647. The smallest absolute Gasteiger partial charge is 0.337 e. The Labute approximate surface area is 138 Å². The zero-order valence-corrected chi connectivity index (χ0v) is 13.8. The van der Waals surface area contributed by atoms with Crippen molar-refractivity contribution in [3.8, 4) is 0 Å². The molecule has 0 spiro atoms. The van der Waals surface area contributed by atoms with Gasteiger partial charge in [0.2, 0.25) is 10.3 Å². The number of aryl methyl sites for hydroxylation is 2. The van der Waals surface area contributed by atoms with Crippen LogP contribution in [0.1, 0.15) is 32.9 Å². The van der Waals surface area contributed by atoms with E-state index in [-0.39, 0.29) is 28.3 Å². The van der Waals surface area contributed by atoms with Gasteiger partial charge in [0.1, 0.15) is 6.61 Å². The number of benzene rings is 1. The summed E-state index contributed by atoms with van der Waals surface area (Å²) in [7, 11) is -2.46. The Hall–Kier alpha value is -2.32. The summed E-state index contributed by atoms with van der Waals surface area (Å²) in [5.74, 6) is -1.21. The molecule has 0 aliphatic heterocycles. The summed E-state index contributed by atoms with van der Waals surface area (Å²) in [5.41, 5.74) is 1.87. The van der Waals surface area contributed by atoms with Crippen LogP contribution in [-0.4, -0.2) is 34.8 Å². The van der Waals surface area contributed by atoms with Crippen LogP contribution in [0, 0.1) is 13.8 Å². The van der Waals surface area contributed by atoms with Gasteiger partial charge in [-0.3, -0.25) is 0 Å². The van der Waals surface area contributed by atoms with Crippen molar-refractivity contribution in [3.05, 3.63) is 51.3 Å². The molecular weight excluding hydrogens is 344 g/mol.